The van der Waals surface area contributed by atoms with Crippen LogP contribution in [0.2, 0.25) is 0 Å². The summed E-state index contributed by atoms with van der Waals surface area (Å²) in [4.78, 5) is 24.0. The molecule has 2 heterocycles. The first-order chi connectivity index (χ1) is 11.0. The molecular formula is C17H21NO5. The van der Waals surface area contributed by atoms with Crippen molar-refractivity contribution in [2.45, 2.75) is 38.3 Å². The monoisotopic (exact) mass is 319 g/mol. The SMILES string of the molecule is CC1Cc2cc(C(=O)NC(C(=O)O)C3CCOCC3)ccc2O1. The van der Waals surface area contributed by atoms with E-state index in [1.807, 2.05) is 6.92 Å². The van der Waals surface area contributed by atoms with Gasteiger partial charge >= 0.3 is 5.97 Å². The molecule has 2 aliphatic rings. The largest absolute Gasteiger partial charge is 0.490 e. The third-order valence-corrected chi connectivity index (χ3v) is 4.45. The minimum absolute atomic E-state index is 0.0945. The number of nitrogens with one attached hydrogen (secondary N) is 1. The van der Waals surface area contributed by atoms with E-state index in [2.05, 4.69) is 5.32 Å². The Labute approximate surface area is 134 Å². The van der Waals surface area contributed by atoms with E-state index in [-0.39, 0.29) is 17.9 Å². The van der Waals surface area contributed by atoms with Crippen molar-refractivity contribution in [3.8, 4) is 5.75 Å². The Hall–Kier alpha value is -2.08. The van der Waals surface area contributed by atoms with Crippen LogP contribution in [0.25, 0.3) is 0 Å². The molecule has 2 N–H and O–H groups in total. The van der Waals surface area contributed by atoms with Crippen LogP contribution >= 0.6 is 0 Å². The van der Waals surface area contributed by atoms with E-state index < -0.39 is 12.0 Å². The highest BCUT2D eigenvalue weighted by Crippen LogP contribution is 2.29. The Morgan fingerprint density at radius 3 is 2.74 bits per heavy atom. The number of aliphatic carboxylic acids is 1. The molecule has 6 heteroatoms. The molecule has 0 radical (unpaired) electrons. The molecule has 1 fully saturated rings. The third-order valence-electron chi connectivity index (χ3n) is 4.45. The zero-order valence-corrected chi connectivity index (χ0v) is 13.1. The summed E-state index contributed by atoms with van der Waals surface area (Å²) in [5, 5.41) is 12.1. The van der Waals surface area contributed by atoms with Crippen molar-refractivity contribution >= 4 is 11.9 Å². The van der Waals surface area contributed by atoms with E-state index >= 15 is 0 Å². The van der Waals surface area contributed by atoms with E-state index in [1.54, 1.807) is 18.2 Å². The molecule has 0 aromatic heterocycles. The van der Waals surface area contributed by atoms with Crippen LogP contribution in [-0.2, 0) is 16.0 Å². The van der Waals surface area contributed by atoms with Gasteiger partial charge in [-0.2, -0.15) is 0 Å². The van der Waals surface area contributed by atoms with Gasteiger partial charge in [-0.1, -0.05) is 0 Å². The van der Waals surface area contributed by atoms with Gasteiger partial charge in [-0.25, -0.2) is 4.79 Å². The number of hydrogen-bond acceptors (Lipinski definition) is 4. The molecule has 3 rings (SSSR count). The van der Waals surface area contributed by atoms with Crippen LogP contribution in [0, 0.1) is 5.92 Å². The quantitative estimate of drug-likeness (QED) is 0.881. The van der Waals surface area contributed by atoms with Gasteiger partial charge in [0.25, 0.3) is 5.91 Å². The molecular weight excluding hydrogens is 298 g/mol. The predicted molar refractivity (Wildman–Crippen MR) is 82.7 cm³/mol. The van der Waals surface area contributed by atoms with Crippen molar-refractivity contribution in [3.63, 3.8) is 0 Å². The summed E-state index contributed by atoms with van der Waals surface area (Å²) in [5.74, 6) is -0.647. The Morgan fingerprint density at radius 1 is 1.30 bits per heavy atom. The van der Waals surface area contributed by atoms with Gasteiger partial charge in [0.2, 0.25) is 0 Å². The van der Waals surface area contributed by atoms with Crippen LogP contribution in [-0.4, -0.2) is 42.3 Å². The Kier molecular flexibility index (Phi) is 4.52. The number of carboxylic acids is 1. The Morgan fingerprint density at radius 2 is 2.04 bits per heavy atom. The first-order valence-corrected chi connectivity index (χ1v) is 7.95. The van der Waals surface area contributed by atoms with Gasteiger partial charge in [0.05, 0.1) is 0 Å². The van der Waals surface area contributed by atoms with Gasteiger partial charge in [0.1, 0.15) is 17.9 Å². The summed E-state index contributed by atoms with van der Waals surface area (Å²) >= 11 is 0. The second-order valence-corrected chi connectivity index (χ2v) is 6.19. The minimum Gasteiger partial charge on any atom is -0.490 e. The van der Waals surface area contributed by atoms with Crippen molar-refractivity contribution in [1.29, 1.82) is 0 Å². The number of rotatable bonds is 4. The topological polar surface area (TPSA) is 84.9 Å². The van der Waals surface area contributed by atoms with Crippen LogP contribution in [0.3, 0.4) is 0 Å². The molecule has 2 aliphatic heterocycles. The molecule has 0 spiro atoms. The molecule has 0 aliphatic carbocycles. The van der Waals surface area contributed by atoms with Gasteiger partial charge in [0, 0.05) is 25.2 Å². The predicted octanol–water partition coefficient (Wildman–Crippen LogP) is 1.62. The van der Waals surface area contributed by atoms with Crippen molar-refractivity contribution in [2.75, 3.05) is 13.2 Å². The lowest BCUT2D eigenvalue weighted by Gasteiger charge is -2.28. The number of carbonyl (C=O) groups is 2. The fourth-order valence-electron chi connectivity index (χ4n) is 3.22. The zero-order valence-electron chi connectivity index (χ0n) is 13.1. The van der Waals surface area contributed by atoms with Crippen LogP contribution in [0.1, 0.15) is 35.7 Å². The molecule has 23 heavy (non-hydrogen) atoms. The number of amides is 1. The molecule has 1 saturated heterocycles. The number of carbonyl (C=O) groups excluding carboxylic acids is 1. The minimum atomic E-state index is -0.997. The van der Waals surface area contributed by atoms with Crippen molar-refractivity contribution < 1.29 is 24.2 Å². The highest BCUT2D eigenvalue weighted by atomic mass is 16.5. The summed E-state index contributed by atoms with van der Waals surface area (Å²) in [6.07, 6.45) is 2.16. The van der Waals surface area contributed by atoms with Gasteiger partial charge in [0.15, 0.2) is 0 Å². The lowest BCUT2D eigenvalue weighted by atomic mass is 9.91. The maximum atomic E-state index is 12.4. The highest BCUT2D eigenvalue weighted by Gasteiger charge is 2.31. The average molecular weight is 319 g/mol. The van der Waals surface area contributed by atoms with Crippen LogP contribution in [0.5, 0.6) is 5.75 Å². The maximum absolute atomic E-state index is 12.4. The van der Waals surface area contributed by atoms with Crippen LogP contribution in [0.4, 0.5) is 0 Å². The average Bonchev–Trinajstić information content (AvgIpc) is 2.92. The highest BCUT2D eigenvalue weighted by molar-refractivity contribution is 5.97. The fraction of sp³-hybridized carbons (Fsp3) is 0.529. The fourth-order valence-corrected chi connectivity index (χ4v) is 3.22. The second-order valence-electron chi connectivity index (χ2n) is 6.19. The number of benzene rings is 1. The van der Waals surface area contributed by atoms with Crippen LogP contribution in [0.15, 0.2) is 18.2 Å². The summed E-state index contributed by atoms with van der Waals surface area (Å²) < 4.78 is 10.9. The number of fused-ring (bicyclic) bond motifs is 1. The Balaban J connectivity index is 1.72. The molecule has 1 amide bonds. The van der Waals surface area contributed by atoms with Crippen LogP contribution < -0.4 is 10.1 Å². The smallest absolute Gasteiger partial charge is 0.326 e. The number of hydrogen-bond donors (Lipinski definition) is 2. The molecule has 0 saturated carbocycles. The first-order valence-electron chi connectivity index (χ1n) is 7.95. The van der Waals surface area contributed by atoms with Gasteiger partial charge in [-0.05, 0) is 49.4 Å². The van der Waals surface area contributed by atoms with E-state index in [1.165, 1.54) is 0 Å². The lowest BCUT2D eigenvalue weighted by Crippen LogP contribution is -2.47. The first kappa shape index (κ1) is 15.8. The van der Waals surface area contributed by atoms with E-state index in [0.717, 1.165) is 17.7 Å². The summed E-state index contributed by atoms with van der Waals surface area (Å²) in [7, 11) is 0. The van der Waals surface area contributed by atoms with Crippen molar-refractivity contribution in [1.82, 2.24) is 5.32 Å². The molecule has 2 unspecified atom stereocenters. The molecule has 1 aromatic rings. The maximum Gasteiger partial charge on any atom is 0.326 e. The van der Waals surface area contributed by atoms with Crippen molar-refractivity contribution in [2.24, 2.45) is 5.92 Å². The summed E-state index contributed by atoms with van der Waals surface area (Å²) in [5.41, 5.74) is 1.46. The third kappa shape index (κ3) is 3.47. The standard InChI is InChI=1S/C17H21NO5/c1-10-8-13-9-12(2-3-14(13)23-10)16(19)18-15(17(20)21)11-4-6-22-7-5-11/h2-3,9-11,15H,4-8H2,1H3,(H,18,19)(H,20,21). The molecule has 124 valence electrons. The number of carboxylic acid groups (broad SMARTS) is 1. The summed E-state index contributed by atoms with van der Waals surface area (Å²) in [6, 6.07) is 4.36. The zero-order chi connectivity index (χ0) is 16.4. The van der Waals surface area contributed by atoms with Gasteiger partial charge in [-0.3, -0.25) is 4.79 Å². The molecule has 0 bridgehead atoms. The molecule has 2 atom stereocenters. The molecule has 6 nitrogen and oxygen atoms in total. The Bertz CT molecular complexity index is 609. The lowest BCUT2D eigenvalue weighted by molar-refractivity contribution is -0.141. The molecule has 1 aromatic carbocycles. The van der Waals surface area contributed by atoms with E-state index in [0.29, 0.717) is 31.6 Å². The van der Waals surface area contributed by atoms with Crippen molar-refractivity contribution in [3.05, 3.63) is 29.3 Å². The second kappa shape index (κ2) is 6.58. The van der Waals surface area contributed by atoms with Gasteiger partial charge in [-0.15, -0.1) is 0 Å². The van der Waals surface area contributed by atoms with Gasteiger partial charge < -0.3 is 19.9 Å². The number of ether oxygens (including phenoxy) is 2. The van der Waals surface area contributed by atoms with E-state index in [4.69, 9.17) is 9.47 Å². The normalized spacial score (nSPS) is 22.0. The van der Waals surface area contributed by atoms with E-state index in [9.17, 15) is 14.7 Å². The summed E-state index contributed by atoms with van der Waals surface area (Å²) in [6.45, 7) is 3.06.